The molecule has 0 saturated carbocycles. The Bertz CT molecular complexity index is 1180. The largest absolute Gasteiger partial charge is 0.339 e. The molecule has 0 bridgehead atoms. The highest BCUT2D eigenvalue weighted by molar-refractivity contribution is 5.96. The molecule has 6 nitrogen and oxygen atoms in total. The van der Waals surface area contributed by atoms with Crippen LogP contribution in [0.5, 0.6) is 0 Å². The minimum Gasteiger partial charge on any atom is -0.339 e. The van der Waals surface area contributed by atoms with Crippen LogP contribution in [0.3, 0.4) is 0 Å². The average Bonchev–Trinajstić information content (AvgIpc) is 3.18. The summed E-state index contributed by atoms with van der Waals surface area (Å²) >= 11 is 0. The molecule has 1 amide bonds. The van der Waals surface area contributed by atoms with Gasteiger partial charge < -0.3 is 4.90 Å². The van der Waals surface area contributed by atoms with Crippen LogP contribution in [-0.2, 0) is 0 Å². The second kappa shape index (κ2) is 7.83. The van der Waals surface area contributed by atoms with Crippen molar-refractivity contribution in [2.24, 2.45) is 0 Å². The monoisotopic (exact) mass is 385 g/mol. The normalized spacial score (nSPS) is 11.0. The smallest absolute Gasteiger partial charge is 0.255 e. The first kappa shape index (κ1) is 18.8. The Morgan fingerprint density at radius 1 is 1.03 bits per heavy atom. The summed E-state index contributed by atoms with van der Waals surface area (Å²) < 4.78 is 0. The van der Waals surface area contributed by atoms with E-state index in [0.29, 0.717) is 24.3 Å². The summed E-state index contributed by atoms with van der Waals surface area (Å²) in [7, 11) is 0. The molecule has 146 valence electrons. The van der Waals surface area contributed by atoms with Crippen molar-refractivity contribution in [1.29, 1.82) is 0 Å². The molecule has 4 rings (SSSR count). The third-order valence-corrected chi connectivity index (χ3v) is 5.19. The van der Waals surface area contributed by atoms with Crippen LogP contribution in [0.2, 0.25) is 0 Å². The van der Waals surface area contributed by atoms with Crippen molar-refractivity contribution < 1.29 is 4.79 Å². The van der Waals surface area contributed by atoms with Gasteiger partial charge in [0.2, 0.25) is 0 Å². The topological polar surface area (TPSA) is 74.8 Å². The molecule has 0 atom stereocenters. The molecule has 0 aliphatic carbocycles. The van der Waals surface area contributed by atoms with Crippen LogP contribution in [0, 0.1) is 6.92 Å². The molecule has 29 heavy (non-hydrogen) atoms. The van der Waals surface area contributed by atoms with E-state index in [-0.39, 0.29) is 5.91 Å². The molecule has 0 fully saturated rings. The lowest BCUT2D eigenvalue weighted by Crippen LogP contribution is -2.30. The van der Waals surface area contributed by atoms with Gasteiger partial charge >= 0.3 is 0 Å². The Labute approximate surface area is 169 Å². The van der Waals surface area contributed by atoms with Crippen LogP contribution in [0.4, 0.5) is 0 Å². The summed E-state index contributed by atoms with van der Waals surface area (Å²) in [6.07, 6.45) is 5.15. The summed E-state index contributed by atoms with van der Waals surface area (Å²) in [5.74, 6) is -0.0118. The van der Waals surface area contributed by atoms with Gasteiger partial charge in [0.15, 0.2) is 5.65 Å². The molecule has 3 aromatic heterocycles. The Kier molecular flexibility index (Phi) is 5.08. The number of hydrogen-bond donors (Lipinski definition) is 1. The fourth-order valence-electron chi connectivity index (χ4n) is 3.52. The predicted molar refractivity (Wildman–Crippen MR) is 115 cm³/mol. The number of pyridine rings is 2. The number of benzene rings is 1. The van der Waals surface area contributed by atoms with Crippen molar-refractivity contribution in [3.63, 3.8) is 0 Å². The van der Waals surface area contributed by atoms with Gasteiger partial charge in [0.25, 0.3) is 5.91 Å². The fraction of sp³-hybridized carbons (Fsp3) is 0.217. The highest BCUT2D eigenvalue weighted by atomic mass is 16.2. The first-order chi connectivity index (χ1) is 14.1. The van der Waals surface area contributed by atoms with E-state index in [4.69, 9.17) is 0 Å². The molecule has 6 heteroatoms. The zero-order chi connectivity index (χ0) is 20.4. The van der Waals surface area contributed by atoms with Crippen molar-refractivity contribution in [2.75, 3.05) is 13.1 Å². The molecule has 0 aliphatic heterocycles. The third kappa shape index (κ3) is 3.49. The van der Waals surface area contributed by atoms with Crippen LogP contribution in [0.1, 0.15) is 29.8 Å². The van der Waals surface area contributed by atoms with Gasteiger partial charge in [0.1, 0.15) is 0 Å². The van der Waals surface area contributed by atoms with E-state index in [2.05, 4.69) is 45.3 Å². The zero-order valence-corrected chi connectivity index (χ0v) is 16.8. The van der Waals surface area contributed by atoms with Crippen molar-refractivity contribution in [1.82, 2.24) is 25.1 Å². The van der Waals surface area contributed by atoms with E-state index in [1.54, 1.807) is 23.5 Å². The van der Waals surface area contributed by atoms with Gasteiger partial charge in [0, 0.05) is 53.8 Å². The number of carbonyl (C=O) groups is 1. The lowest BCUT2D eigenvalue weighted by Gasteiger charge is -2.18. The van der Waals surface area contributed by atoms with Crippen LogP contribution in [-0.4, -0.2) is 44.1 Å². The Morgan fingerprint density at radius 2 is 1.79 bits per heavy atom. The summed E-state index contributed by atoms with van der Waals surface area (Å²) in [4.78, 5) is 23.3. The first-order valence-corrected chi connectivity index (χ1v) is 9.77. The maximum absolute atomic E-state index is 12.7. The average molecular weight is 385 g/mol. The second-order valence-corrected chi connectivity index (χ2v) is 6.95. The molecule has 0 saturated heterocycles. The van der Waals surface area contributed by atoms with Crippen molar-refractivity contribution in [3.05, 3.63) is 66.1 Å². The summed E-state index contributed by atoms with van der Waals surface area (Å²) in [5.41, 5.74) is 6.20. The predicted octanol–water partition coefficient (Wildman–Crippen LogP) is 4.48. The van der Waals surface area contributed by atoms with Gasteiger partial charge in [-0.15, -0.1) is 0 Å². The van der Waals surface area contributed by atoms with Gasteiger partial charge in [-0.3, -0.25) is 14.9 Å². The number of aromatic amines is 1. The Hall–Kier alpha value is -3.54. The number of nitrogens with zero attached hydrogens (tertiary/aromatic N) is 4. The van der Waals surface area contributed by atoms with Crippen LogP contribution >= 0.6 is 0 Å². The molecule has 3 heterocycles. The van der Waals surface area contributed by atoms with Gasteiger partial charge in [-0.25, -0.2) is 4.98 Å². The number of H-pyrrole nitrogens is 1. The number of amides is 1. The number of aromatic nitrogens is 4. The Balaban J connectivity index is 1.78. The van der Waals surface area contributed by atoms with Crippen LogP contribution < -0.4 is 0 Å². The van der Waals surface area contributed by atoms with Gasteiger partial charge in [-0.1, -0.05) is 24.3 Å². The molecule has 0 aliphatic rings. The van der Waals surface area contributed by atoms with Crippen molar-refractivity contribution in [3.8, 4) is 22.4 Å². The quantitative estimate of drug-likeness (QED) is 0.550. The first-order valence-electron chi connectivity index (χ1n) is 9.77. The van der Waals surface area contributed by atoms with Gasteiger partial charge in [-0.05, 0) is 38.5 Å². The van der Waals surface area contributed by atoms with E-state index in [0.717, 1.165) is 33.3 Å². The lowest BCUT2D eigenvalue weighted by molar-refractivity contribution is 0.0772. The summed E-state index contributed by atoms with van der Waals surface area (Å²) in [6.45, 7) is 7.36. The number of carbonyl (C=O) groups excluding carboxylic acids is 1. The molecule has 4 aromatic rings. The number of rotatable bonds is 5. The SMILES string of the molecule is CCN(CC)C(=O)c1cncc(-c2cnc3n[nH]c(-c4ccccc4C)c3c2)c1. The molecule has 1 N–H and O–H groups in total. The molecule has 0 unspecified atom stereocenters. The lowest BCUT2D eigenvalue weighted by atomic mass is 10.0. The maximum Gasteiger partial charge on any atom is 0.255 e. The fourth-order valence-corrected chi connectivity index (χ4v) is 3.52. The standard InChI is InChI=1S/C23H23N5O/c1-4-28(5-2)23(29)18-10-16(12-24-13-18)17-11-20-21(26-27-22(20)25-14-17)19-9-7-6-8-15(19)3/h6-14H,4-5H2,1-3H3,(H,25,26,27). The number of aryl methyl sites for hydroxylation is 1. The highest BCUT2D eigenvalue weighted by Crippen LogP contribution is 2.30. The van der Waals surface area contributed by atoms with Gasteiger partial charge in [-0.2, -0.15) is 5.10 Å². The second-order valence-electron chi connectivity index (χ2n) is 6.95. The van der Waals surface area contributed by atoms with Crippen LogP contribution in [0.25, 0.3) is 33.4 Å². The molecule has 0 spiro atoms. The zero-order valence-electron chi connectivity index (χ0n) is 16.8. The minimum atomic E-state index is -0.0118. The van der Waals surface area contributed by atoms with E-state index in [9.17, 15) is 4.79 Å². The summed E-state index contributed by atoms with van der Waals surface area (Å²) in [6, 6.07) is 12.1. The summed E-state index contributed by atoms with van der Waals surface area (Å²) in [5, 5.41) is 8.41. The van der Waals surface area contributed by atoms with E-state index in [1.807, 2.05) is 32.0 Å². The minimum absolute atomic E-state index is 0.0118. The molecule has 0 radical (unpaired) electrons. The van der Waals surface area contributed by atoms with E-state index in [1.165, 1.54) is 0 Å². The number of fused-ring (bicyclic) bond motifs is 1. The number of nitrogens with one attached hydrogen (secondary N) is 1. The third-order valence-electron chi connectivity index (χ3n) is 5.19. The van der Waals surface area contributed by atoms with Gasteiger partial charge in [0.05, 0.1) is 11.3 Å². The number of hydrogen-bond acceptors (Lipinski definition) is 4. The highest BCUT2D eigenvalue weighted by Gasteiger charge is 2.15. The van der Waals surface area contributed by atoms with Crippen molar-refractivity contribution in [2.45, 2.75) is 20.8 Å². The van der Waals surface area contributed by atoms with E-state index >= 15 is 0 Å². The van der Waals surface area contributed by atoms with Crippen molar-refractivity contribution >= 4 is 16.9 Å². The molecule has 1 aromatic carbocycles. The van der Waals surface area contributed by atoms with E-state index < -0.39 is 0 Å². The van der Waals surface area contributed by atoms with Crippen LogP contribution in [0.15, 0.2) is 55.0 Å². The molecular weight excluding hydrogens is 362 g/mol. The molecular formula is C23H23N5O. The Morgan fingerprint density at radius 3 is 2.55 bits per heavy atom. The maximum atomic E-state index is 12.7.